The van der Waals surface area contributed by atoms with Crippen LogP contribution in [0.2, 0.25) is 5.02 Å². The van der Waals surface area contributed by atoms with Gasteiger partial charge < -0.3 is 5.32 Å². The van der Waals surface area contributed by atoms with Crippen LogP contribution in [-0.2, 0) is 6.54 Å². The van der Waals surface area contributed by atoms with Crippen LogP contribution in [0.4, 0.5) is 0 Å². The van der Waals surface area contributed by atoms with Crippen molar-refractivity contribution < 1.29 is 0 Å². The van der Waals surface area contributed by atoms with E-state index in [0.717, 1.165) is 26.0 Å². The van der Waals surface area contributed by atoms with Gasteiger partial charge in [-0.1, -0.05) is 35.5 Å². The van der Waals surface area contributed by atoms with Gasteiger partial charge in [-0.25, -0.2) is 4.98 Å². The fourth-order valence-corrected chi connectivity index (χ4v) is 2.96. The fourth-order valence-electron chi connectivity index (χ4n) is 1.52. The molecule has 0 radical (unpaired) electrons. The summed E-state index contributed by atoms with van der Waals surface area (Å²) in [7, 11) is 1.92. The third kappa shape index (κ3) is 3.48. The Hall–Kier alpha value is -0.550. The third-order valence-electron chi connectivity index (χ3n) is 2.32. The lowest BCUT2D eigenvalue weighted by Crippen LogP contribution is -2.06. The lowest BCUT2D eigenvalue weighted by molar-refractivity contribution is 0.803. The Bertz CT molecular complexity index is 531. The van der Waals surface area contributed by atoms with E-state index in [1.165, 1.54) is 5.56 Å². The predicted molar refractivity (Wildman–Crippen MR) is 80.3 cm³/mol. The Balaban J connectivity index is 2.30. The summed E-state index contributed by atoms with van der Waals surface area (Å²) in [6.07, 6.45) is 1.79. The van der Waals surface area contributed by atoms with Crippen molar-refractivity contribution in [1.29, 1.82) is 0 Å². The van der Waals surface area contributed by atoms with Crippen molar-refractivity contribution in [3.05, 3.63) is 51.6 Å². The number of hydrogen-bond donors (Lipinski definition) is 1. The van der Waals surface area contributed by atoms with Gasteiger partial charge in [-0.15, -0.1) is 0 Å². The second kappa shape index (κ2) is 6.57. The second-order valence-electron chi connectivity index (χ2n) is 3.68. The van der Waals surface area contributed by atoms with Gasteiger partial charge in [0.1, 0.15) is 5.03 Å². The molecule has 0 saturated carbocycles. The lowest BCUT2D eigenvalue weighted by Gasteiger charge is -2.10. The molecule has 5 heteroatoms. The highest BCUT2D eigenvalue weighted by molar-refractivity contribution is 9.10. The van der Waals surface area contributed by atoms with E-state index in [-0.39, 0.29) is 0 Å². The first-order chi connectivity index (χ1) is 8.70. The number of benzene rings is 1. The van der Waals surface area contributed by atoms with Crippen molar-refractivity contribution >= 4 is 39.3 Å². The molecule has 94 valence electrons. The smallest absolute Gasteiger partial charge is 0.101 e. The van der Waals surface area contributed by atoms with Gasteiger partial charge in [0.2, 0.25) is 0 Å². The monoisotopic (exact) mass is 342 g/mol. The highest BCUT2D eigenvalue weighted by Gasteiger charge is 2.09. The zero-order valence-corrected chi connectivity index (χ0v) is 12.9. The van der Waals surface area contributed by atoms with E-state index >= 15 is 0 Å². The zero-order chi connectivity index (χ0) is 13.0. The van der Waals surface area contributed by atoms with Crippen molar-refractivity contribution in [3.63, 3.8) is 0 Å². The van der Waals surface area contributed by atoms with Crippen molar-refractivity contribution in [3.8, 4) is 0 Å². The van der Waals surface area contributed by atoms with Gasteiger partial charge in [-0.3, -0.25) is 0 Å². The third-order valence-corrected chi connectivity index (χ3v) is 4.36. The molecule has 1 N–H and O–H groups in total. The molecule has 1 aromatic heterocycles. The second-order valence-corrected chi connectivity index (χ2v) is 6.03. The fraction of sp³-hybridized carbons (Fsp3) is 0.154. The van der Waals surface area contributed by atoms with E-state index in [4.69, 9.17) is 11.6 Å². The molecule has 2 aromatic rings. The number of rotatable bonds is 4. The van der Waals surface area contributed by atoms with Gasteiger partial charge in [0.15, 0.2) is 0 Å². The standard InChI is InChI=1S/C13H12BrClN2S/c1-16-7-9-3-2-4-11(15)13(9)18-12-6-5-10(14)8-17-12/h2-6,8,16H,7H2,1H3. The van der Waals surface area contributed by atoms with E-state index in [1.54, 1.807) is 18.0 Å². The molecule has 0 saturated heterocycles. The number of pyridine rings is 1. The van der Waals surface area contributed by atoms with Crippen LogP contribution >= 0.6 is 39.3 Å². The zero-order valence-electron chi connectivity index (χ0n) is 9.78. The van der Waals surface area contributed by atoms with Crippen LogP contribution in [0.5, 0.6) is 0 Å². The summed E-state index contributed by atoms with van der Waals surface area (Å²) in [5, 5.41) is 4.84. The average molecular weight is 344 g/mol. The SMILES string of the molecule is CNCc1cccc(Cl)c1Sc1ccc(Br)cn1. The molecule has 1 heterocycles. The molecule has 0 aliphatic heterocycles. The van der Waals surface area contributed by atoms with E-state index < -0.39 is 0 Å². The van der Waals surface area contributed by atoms with E-state index in [1.807, 2.05) is 31.3 Å². The molecule has 18 heavy (non-hydrogen) atoms. The Morgan fingerprint density at radius 3 is 2.83 bits per heavy atom. The topological polar surface area (TPSA) is 24.9 Å². The first kappa shape index (κ1) is 13.9. The minimum atomic E-state index is 0.762. The molecule has 0 aliphatic rings. The van der Waals surface area contributed by atoms with Gasteiger partial charge >= 0.3 is 0 Å². The quantitative estimate of drug-likeness (QED) is 0.892. The Kier molecular flexibility index (Phi) is 5.06. The van der Waals surface area contributed by atoms with Gasteiger partial charge in [-0.05, 0) is 46.7 Å². The molecular formula is C13H12BrClN2S. The van der Waals surface area contributed by atoms with Crippen LogP contribution in [0.15, 0.2) is 50.9 Å². The predicted octanol–water partition coefficient (Wildman–Crippen LogP) is 4.37. The number of nitrogens with one attached hydrogen (secondary N) is 1. The van der Waals surface area contributed by atoms with Crippen molar-refractivity contribution in [2.24, 2.45) is 0 Å². The molecule has 1 aromatic carbocycles. The Morgan fingerprint density at radius 2 is 2.17 bits per heavy atom. The molecule has 0 unspecified atom stereocenters. The molecule has 0 amide bonds. The average Bonchev–Trinajstić information content (AvgIpc) is 2.36. The van der Waals surface area contributed by atoms with Gasteiger partial charge in [0.25, 0.3) is 0 Å². The van der Waals surface area contributed by atoms with E-state index in [0.29, 0.717) is 0 Å². The minimum Gasteiger partial charge on any atom is -0.316 e. The maximum Gasteiger partial charge on any atom is 0.101 e. The normalized spacial score (nSPS) is 10.6. The summed E-state index contributed by atoms with van der Waals surface area (Å²) >= 11 is 11.2. The van der Waals surface area contributed by atoms with Crippen LogP contribution in [0.3, 0.4) is 0 Å². The minimum absolute atomic E-state index is 0.762. The van der Waals surface area contributed by atoms with Crippen molar-refractivity contribution in [2.75, 3.05) is 7.05 Å². The molecule has 0 spiro atoms. The highest BCUT2D eigenvalue weighted by Crippen LogP contribution is 2.35. The molecule has 0 bridgehead atoms. The maximum absolute atomic E-state index is 6.26. The molecule has 0 aliphatic carbocycles. The lowest BCUT2D eigenvalue weighted by atomic mass is 10.2. The van der Waals surface area contributed by atoms with Crippen LogP contribution in [0.1, 0.15) is 5.56 Å². The van der Waals surface area contributed by atoms with Gasteiger partial charge in [0, 0.05) is 22.1 Å². The largest absolute Gasteiger partial charge is 0.316 e. The Morgan fingerprint density at radius 1 is 1.33 bits per heavy atom. The molecular weight excluding hydrogens is 332 g/mol. The van der Waals surface area contributed by atoms with Crippen LogP contribution in [-0.4, -0.2) is 12.0 Å². The van der Waals surface area contributed by atoms with Crippen LogP contribution in [0.25, 0.3) is 0 Å². The number of nitrogens with zero attached hydrogens (tertiary/aromatic N) is 1. The molecule has 2 rings (SSSR count). The van der Waals surface area contributed by atoms with E-state index in [9.17, 15) is 0 Å². The highest BCUT2D eigenvalue weighted by atomic mass is 79.9. The van der Waals surface area contributed by atoms with Gasteiger partial charge in [-0.2, -0.15) is 0 Å². The number of hydrogen-bond acceptors (Lipinski definition) is 3. The number of halogens is 2. The molecule has 0 fully saturated rings. The van der Waals surface area contributed by atoms with Crippen molar-refractivity contribution in [1.82, 2.24) is 10.3 Å². The van der Waals surface area contributed by atoms with E-state index in [2.05, 4.69) is 32.3 Å². The summed E-state index contributed by atoms with van der Waals surface area (Å²) in [5.41, 5.74) is 1.18. The van der Waals surface area contributed by atoms with Crippen LogP contribution < -0.4 is 5.32 Å². The van der Waals surface area contributed by atoms with Crippen molar-refractivity contribution in [2.45, 2.75) is 16.5 Å². The summed E-state index contributed by atoms with van der Waals surface area (Å²) < 4.78 is 0.974. The first-order valence-electron chi connectivity index (χ1n) is 5.42. The number of aromatic nitrogens is 1. The van der Waals surface area contributed by atoms with Gasteiger partial charge in [0.05, 0.1) is 5.02 Å². The maximum atomic E-state index is 6.26. The summed E-state index contributed by atoms with van der Waals surface area (Å²) in [4.78, 5) is 5.41. The van der Waals surface area contributed by atoms with Crippen LogP contribution in [0, 0.1) is 0 Å². The molecule has 2 nitrogen and oxygen atoms in total. The summed E-state index contributed by atoms with van der Waals surface area (Å²) in [6, 6.07) is 9.89. The first-order valence-corrected chi connectivity index (χ1v) is 7.41. The Labute approximate surface area is 124 Å². The summed E-state index contributed by atoms with van der Waals surface area (Å²) in [6.45, 7) is 0.791. The molecule has 0 atom stereocenters. The summed E-state index contributed by atoms with van der Waals surface area (Å²) in [5.74, 6) is 0.